The maximum absolute atomic E-state index is 11.6. The Bertz CT molecular complexity index is 210. The Labute approximate surface area is 104 Å². The molecule has 1 N–H and O–H groups in total. The molecule has 0 aliphatic heterocycles. The van der Waals surface area contributed by atoms with Gasteiger partial charge in [0.1, 0.15) is 0 Å². The molecule has 0 radical (unpaired) electrons. The topological polar surface area (TPSA) is 50.8 Å². The molecule has 0 saturated heterocycles. The predicted octanol–water partition coefficient (Wildman–Crippen LogP) is 3.00. The molecular formula is C12H24N2O3. The number of hydrogen-bond donors (Lipinski definition) is 1. The number of carbonyl (C=O) groups is 1. The molecule has 2 amide bonds. The molecule has 0 aliphatic rings. The minimum Gasteiger partial charge on any atom is -0.311 e. The molecule has 5 heteroatoms. The molecule has 0 spiro atoms. The highest BCUT2D eigenvalue weighted by atomic mass is 17.0. The van der Waals surface area contributed by atoms with Gasteiger partial charge in [-0.3, -0.25) is 0 Å². The van der Waals surface area contributed by atoms with Crippen LogP contribution >= 0.6 is 0 Å². The number of amides is 2. The Morgan fingerprint density at radius 3 is 2.12 bits per heavy atom. The predicted molar refractivity (Wildman–Crippen MR) is 66.9 cm³/mol. The van der Waals surface area contributed by atoms with Crippen LogP contribution in [0.1, 0.15) is 46.5 Å². The lowest BCUT2D eigenvalue weighted by molar-refractivity contribution is -0.326. The summed E-state index contributed by atoms with van der Waals surface area (Å²) in [6, 6.07) is -0.407. The van der Waals surface area contributed by atoms with Crippen molar-refractivity contribution in [2.75, 3.05) is 13.2 Å². The van der Waals surface area contributed by atoms with Crippen molar-refractivity contribution in [2.24, 2.45) is 0 Å². The molecule has 0 aliphatic carbocycles. The fourth-order valence-electron chi connectivity index (χ4n) is 0.945. The molecule has 100 valence electrons. The molecule has 0 heterocycles. The highest BCUT2D eigenvalue weighted by Crippen LogP contribution is 1.99. The third kappa shape index (κ3) is 8.71. The summed E-state index contributed by atoms with van der Waals surface area (Å²) < 4.78 is 0. The molecule has 0 aromatic rings. The van der Waals surface area contributed by atoms with Gasteiger partial charge in [-0.2, -0.15) is 0 Å². The summed E-state index contributed by atoms with van der Waals surface area (Å²) in [7, 11) is 0. The second-order valence-corrected chi connectivity index (χ2v) is 3.58. The van der Waals surface area contributed by atoms with Crippen LogP contribution in [0.15, 0.2) is 12.3 Å². The minimum atomic E-state index is -0.407. The SMILES string of the molecule is CC=CNC(=O)N(OCCCC)OCCCC. The number of rotatable bonds is 9. The number of nitrogens with zero attached hydrogens (tertiary/aromatic N) is 1. The second-order valence-electron chi connectivity index (χ2n) is 3.58. The van der Waals surface area contributed by atoms with Crippen molar-refractivity contribution in [1.29, 1.82) is 0 Å². The van der Waals surface area contributed by atoms with E-state index in [0.29, 0.717) is 13.2 Å². The number of carbonyl (C=O) groups excluding carboxylic acids is 1. The van der Waals surface area contributed by atoms with Gasteiger partial charge in [0.05, 0.1) is 13.2 Å². The van der Waals surface area contributed by atoms with Gasteiger partial charge < -0.3 is 5.32 Å². The van der Waals surface area contributed by atoms with Gasteiger partial charge in [0.25, 0.3) is 0 Å². The largest absolute Gasteiger partial charge is 0.370 e. The van der Waals surface area contributed by atoms with Gasteiger partial charge in [0.2, 0.25) is 0 Å². The first-order chi connectivity index (χ1) is 8.26. The molecule has 0 aromatic carbocycles. The average molecular weight is 244 g/mol. The standard InChI is InChI=1S/C12H24N2O3/c1-4-7-10-16-14(17-11-8-5-2)12(15)13-9-6-3/h6,9H,4-5,7-8,10-11H2,1-3H3,(H,13,15). The van der Waals surface area contributed by atoms with E-state index < -0.39 is 6.03 Å². The van der Waals surface area contributed by atoms with Crippen LogP contribution in [-0.4, -0.2) is 24.5 Å². The van der Waals surface area contributed by atoms with E-state index in [9.17, 15) is 4.79 Å². The zero-order valence-electron chi connectivity index (χ0n) is 11.1. The van der Waals surface area contributed by atoms with E-state index in [2.05, 4.69) is 19.2 Å². The summed E-state index contributed by atoms with van der Waals surface area (Å²) in [5, 5.41) is 3.48. The van der Waals surface area contributed by atoms with Crippen molar-refractivity contribution in [2.45, 2.75) is 46.5 Å². The van der Waals surface area contributed by atoms with E-state index in [4.69, 9.17) is 9.68 Å². The molecule has 0 bridgehead atoms. The Hall–Kier alpha value is -1.07. The summed E-state index contributed by atoms with van der Waals surface area (Å²) in [5.74, 6) is 0. The third-order valence-electron chi connectivity index (χ3n) is 1.95. The van der Waals surface area contributed by atoms with Crippen LogP contribution in [0.4, 0.5) is 4.79 Å². The Balaban J connectivity index is 4.02. The van der Waals surface area contributed by atoms with Crippen LogP contribution < -0.4 is 5.32 Å². The van der Waals surface area contributed by atoms with Gasteiger partial charge in [-0.15, -0.1) is 0 Å². The lowest BCUT2D eigenvalue weighted by Crippen LogP contribution is -2.38. The van der Waals surface area contributed by atoms with E-state index in [1.54, 1.807) is 12.3 Å². The van der Waals surface area contributed by atoms with Crippen LogP contribution in [0.2, 0.25) is 0 Å². The summed E-state index contributed by atoms with van der Waals surface area (Å²) in [4.78, 5) is 22.1. The first-order valence-electron chi connectivity index (χ1n) is 6.23. The van der Waals surface area contributed by atoms with Crippen molar-refractivity contribution in [3.63, 3.8) is 0 Å². The van der Waals surface area contributed by atoms with Crippen LogP contribution in [-0.2, 0) is 9.68 Å². The highest BCUT2D eigenvalue weighted by molar-refractivity contribution is 5.72. The Morgan fingerprint density at radius 1 is 1.18 bits per heavy atom. The van der Waals surface area contributed by atoms with Crippen molar-refractivity contribution < 1.29 is 14.5 Å². The number of hydroxylamine groups is 2. The number of unbranched alkanes of at least 4 members (excludes halogenated alkanes) is 2. The summed E-state index contributed by atoms with van der Waals surface area (Å²) in [5.41, 5.74) is 0. The zero-order valence-corrected chi connectivity index (χ0v) is 11.1. The molecule has 0 fully saturated rings. The van der Waals surface area contributed by atoms with E-state index in [1.807, 2.05) is 6.92 Å². The maximum Gasteiger partial charge on any atom is 0.370 e. The fraction of sp³-hybridized carbons (Fsp3) is 0.750. The quantitative estimate of drug-likeness (QED) is 0.501. The maximum atomic E-state index is 11.6. The average Bonchev–Trinajstić information content (AvgIpc) is 2.34. The second kappa shape index (κ2) is 11.4. The highest BCUT2D eigenvalue weighted by Gasteiger charge is 2.13. The first kappa shape index (κ1) is 15.9. The summed E-state index contributed by atoms with van der Waals surface area (Å²) >= 11 is 0. The number of hydrogen-bond acceptors (Lipinski definition) is 3. The molecule has 5 nitrogen and oxygen atoms in total. The van der Waals surface area contributed by atoms with Gasteiger partial charge >= 0.3 is 6.03 Å². The van der Waals surface area contributed by atoms with Crippen molar-refractivity contribution in [3.8, 4) is 0 Å². The van der Waals surface area contributed by atoms with E-state index in [-0.39, 0.29) is 0 Å². The smallest absolute Gasteiger partial charge is 0.311 e. The van der Waals surface area contributed by atoms with E-state index in [0.717, 1.165) is 30.9 Å². The normalized spacial score (nSPS) is 10.8. The van der Waals surface area contributed by atoms with Crippen molar-refractivity contribution in [3.05, 3.63) is 12.3 Å². The van der Waals surface area contributed by atoms with Gasteiger partial charge in [0, 0.05) is 6.20 Å². The molecular weight excluding hydrogens is 220 g/mol. The van der Waals surface area contributed by atoms with Crippen LogP contribution in [0, 0.1) is 0 Å². The number of allylic oxidation sites excluding steroid dienone is 1. The van der Waals surface area contributed by atoms with Gasteiger partial charge in [-0.05, 0) is 19.8 Å². The molecule has 0 aromatic heterocycles. The third-order valence-corrected chi connectivity index (χ3v) is 1.95. The monoisotopic (exact) mass is 244 g/mol. The molecule has 0 atom stereocenters. The first-order valence-corrected chi connectivity index (χ1v) is 6.23. The van der Waals surface area contributed by atoms with E-state index in [1.165, 1.54) is 0 Å². The summed E-state index contributed by atoms with van der Waals surface area (Å²) in [6.45, 7) is 6.90. The lowest BCUT2D eigenvalue weighted by Gasteiger charge is -2.19. The lowest BCUT2D eigenvalue weighted by atomic mass is 10.4. The van der Waals surface area contributed by atoms with Crippen LogP contribution in [0.5, 0.6) is 0 Å². The van der Waals surface area contributed by atoms with Crippen molar-refractivity contribution in [1.82, 2.24) is 10.5 Å². The van der Waals surface area contributed by atoms with Crippen molar-refractivity contribution >= 4 is 6.03 Å². The Morgan fingerprint density at radius 2 is 1.71 bits per heavy atom. The van der Waals surface area contributed by atoms with E-state index >= 15 is 0 Å². The molecule has 0 rings (SSSR count). The zero-order chi connectivity index (χ0) is 12.9. The van der Waals surface area contributed by atoms with Crippen LogP contribution in [0.3, 0.4) is 0 Å². The molecule has 17 heavy (non-hydrogen) atoms. The summed E-state index contributed by atoms with van der Waals surface area (Å²) in [6.07, 6.45) is 7.09. The number of nitrogens with one attached hydrogen (secondary N) is 1. The van der Waals surface area contributed by atoms with Gasteiger partial charge in [0.15, 0.2) is 0 Å². The fourth-order valence-corrected chi connectivity index (χ4v) is 0.945. The minimum absolute atomic E-state index is 0.407. The van der Waals surface area contributed by atoms with Gasteiger partial charge in [-0.25, -0.2) is 14.5 Å². The Kier molecular flexibility index (Phi) is 10.7. The number of urea groups is 1. The molecule has 0 unspecified atom stereocenters. The van der Waals surface area contributed by atoms with Gasteiger partial charge in [-0.1, -0.05) is 38.0 Å². The van der Waals surface area contributed by atoms with Crippen LogP contribution in [0.25, 0.3) is 0 Å². The molecule has 0 saturated carbocycles.